The lowest BCUT2D eigenvalue weighted by molar-refractivity contribution is -0.274. The van der Waals surface area contributed by atoms with Crippen molar-refractivity contribution in [3.05, 3.63) is 58.9 Å². The number of carbonyl (C=O) groups is 1. The highest BCUT2D eigenvalue weighted by atomic mass is 32.1. The fourth-order valence-corrected chi connectivity index (χ4v) is 3.33. The molecule has 0 saturated carbocycles. The number of aromatic nitrogens is 3. The van der Waals surface area contributed by atoms with Crippen molar-refractivity contribution >= 4 is 17.2 Å². The SMILES string of the molecule is Cc1nc(-c2ncccn2)sc1C(=O)NC(C)c1ccc(OC(F)(F)F)cc1. The van der Waals surface area contributed by atoms with Gasteiger partial charge in [-0.25, -0.2) is 15.0 Å². The summed E-state index contributed by atoms with van der Waals surface area (Å²) in [6.45, 7) is 3.45. The van der Waals surface area contributed by atoms with Crippen LogP contribution in [0.3, 0.4) is 0 Å². The summed E-state index contributed by atoms with van der Waals surface area (Å²) in [6, 6.07) is 6.60. The summed E-state index contributed by atoms with van der Waals surface area (Å²) < 4.78 is 40.5. The molecule has 1 atom stereocenters. The molecule has 0 radical (unpaired) electrons. The fraction of sp³-hybridized carbons (Fsp3) is 0.222. The van der Waals surface area contributed by atoms with Crippen molar-refractivity contribution in [3.63, 3.8) is 0 Å². The van der Waals surface area contributed by atoms with Gasteiger partial charge in [-0.15, -0.1) is 24.5 Å². The first-order valence-electron chi connectivity index (χ1n) is 8.14. The van der Waals surface area contributed by atoms with Crippen LogP contribution >= 0.6 is 11.3 Å². The van der Waals surface area contributed by atoms with Crippen LogP contribution in [0.2, 0.25) is 0 Å². The zero-order chi connectivity index (χ0) is 20.3. The van der Waals surface area contributed by atoms with E-state index in [2.05, 4.69) is 25.0 Å². The Morgan fingerprint density at radius 3 is 2.43 bits per heavy atom. The first-order chi connectivity index (χ1) is 13.2. The van der Waals surface area contributed by atoms with Gasteiger partial charge < -0.3 is 10.1 Å². The summed E-state index contributed by atoms with van der Waals surface area (Å²) in [7, 11) is 0. The van der Waals surface area contributed by atoms with Crippen LogP contribution in [0.1, 0.15) is 33.9 Å². The normalized spacial score (nSPS) is 12.5. The standard InChI is InChI=1S/C18H15F3N4O2S/c1-10(12-4-6-13(7-5-12)27-18(19,20)21)24-16(26)14-11(2)25-17(28-14)15-22-8-3-9-23-15/h3-10H,1-2H3,(H,24,26). The molecule has 10 heteroatoms. The van der Waals surface area contributed by atoms with Crippen LogP contribution < -0.4 is 10.1 Å². The van der Waals surface area contributed by atoms with Crippen molar-refractivity contribution in [1.82, 2.24) is 20.3 Å². The van der Waals surface area contributed by atoms with Crippen molar-refractivity contribution in [2.45, 2.75) is 26.3 Å². The molecule has 1 unspecified atom stereocenters. The van der Waals surface area contributed by atoms with Crippen molar-refractivity contribution in [2.75, 3.05) is 0 Å². The molecule has 2 aromatic heterocycles. The minimum Gasteiger partial charge on any atom is -0.406 e. The molecule has 2 heterocycles. The van der Waals surface area contributed by atoms with Crippen molar-refractivity contribution in [2.24, 2.45) is 0 Å². The number of rotatable bonds is 5. The molecule has 0 aliphatic rings. The minimum atomic E-state index is -4.74. The van der Waals surface area contributed by atoms with Crippen LogP contribution in [0.5, 0.6) is 5.75 Å². The summed E-state index contributed by atoms with van der Waals surface area (Å²) in [5.41, 5.74) is 1.18. The Bertz CT molecular complexity index is 959. The fourth-order valence-electron chi connectivity index (χ4n) is 2.42. The third-order valence-corrected chi connectivity index (χ3v) is 4.87. The van der Waals surface area contributed by atoms with Crippen molar-refractivity contribution in [3.8, 4) is 16.6 Å². The number of nitrogens with zero attached hydrogens (tertiary/aromatic N) is 3. The Morgan fingerprint density at radius 1 is 1.18 bits per heavy atom. The largest absolute Gasteiger partial charge is 0.573 e. The highest BCUT2D eigenvalue weighted by Crippen LogP contribution is 2.27. The van der Waals surface area contributed by atoms with Gasteiger partial charge in [0.2, 0.25) is 0 Å². The van der Waals surface area contributed by atoms with Gasteiger partial charge in [-0.3, -0.25) is 4.79 Å². The van der Waals surface area contributed by atoms with Gasteiger partial charge in [0.1, 0.15) is 10.6 Å². The van der Waals surface area contributed by atoms with Gasteiger partial charge in [-0.1, -0.05) is 12.1 Å². The number of amides is 1. The Balaban J connectivity index is 1.70. The smallest absolute Gasteiger partial charge is 0.406 e. The van der Waals surface area contributed by atoms with Crippen LogP contribution in [0.15, 0.2) is 42.7 Å². The third-order valence-electron chi connectivity index (χ3n) is 3.72. The lowest BCUT2D eigenvalue weighted by atomic mass is 10.1. The molecule has 1 amide bonds. The summed E-state index contributed by atoms with van der Waals surface area (Å²) in [4.78, 5) is 25.6. The molecule has 0 bridgehead atoms. The number of hydrogen-bond donors (Lipinski definition) is 1. The predicted molar refractivity (Wildman–Crippen MR) is 96.9 cm³/mol. The molecule has 0 saturated heterocycles. The first kappa shape index (κ1) is 19.7. The highest BCUT2D eigenvalue weighted by molar-refractivity contribution is 7.17. The zero-order valence-corrected chi connectivity index (χ0v) is 15.6. The monoisotopic (exact) mass is 408 g/mol. The number of benzene rings is 1. The van der Waals surface area contributed by atoms with Crippen molar-refractivity contribution in [1.29, 1.82) is 0 Å². The second-order valence-corrected chi connectivity index (χ2v) is 6.82. The number of hydrogen-bond acceptors (Lipinski definition) is 6. The van der Waals surface area contributed by atoms with Crippen molar-refractivity contribution < 1.29 is 22.7 Å². The van der Waals surface area contributed by atoms with Gasteiger partial charge in [0, 0.05) is 12.4 Å². The predicted octanol–water partition coefficient (Wildman–Crippen LogP) is 4.30. The molecular formula is C18H15F3N4O2S. The molecule has 0 fully saturated rings. The second kappa shape index (κ2) is 7.93. The Labute approximate surface area is 162 Å². The topological polar surface area (TPSA) is 77.0 Å². The van der Waals surface area contributed by atoms with E-state index in [4.69, 9.17) is 0 Å². The highest BCUT2D eigenvalue weighted by Gasteiger charge is 2.31. The van der Waals surface area contributed by atoms with E-state index in [1.54, 1.807) is 32.3 Å². The molecule has 28 heavy (non-hydrogen) atoms. The molecule has 3 aromatic rings. The van der Waals surface area contributed by atoms with Crippen LogP contribution in [-0.4, -0.2) is 27.2 Å². The molecular weight excluding hydrogens is 393 g/mol. The van der Waals surface area contributed by atoms with Gasteiger partial charge in [-0.2, -0.15) is 0 Å². The minimum absolute atomic E-state index is 0.319. The molecule has 0 aliphatic carbocycles. The van der Waals surface area contributed by atoms with E-state index in [9.17, 15) is 18.0 Å². The number of alkyl halides is 3. The Kier molecular flexibility index (Phi) is 5.59. The van der Waals surface area contributed by atoms with Crippen LogP contribution in [0.25, 0.3) is 10.8 Å². The average molecular weight is 408 g/mol. The molecule has 0 spiro atoms. The molecule has 146 valence electrons. The van der Waals surface area contributed by atoms with Gasteiger partial charge >= 0.3 is 6.36 Å². The summed E-state index contributed by atoms with van der Waals surface area (Å²) in [5, 5.41) is 3.35. The third kappa shape index (κ3) is 4.83. The molecule has 6 nitrogen and oxygen atoms in total. The number of halogens is 3. The van der Waals surface area contributed by atoms with Gasteiger partial charge in [0.25, 0.3) is 5.91 Å². The van der Waals surface area contributed by atoms with Crippen LogP contribution in [0, 0.1) is 6.92 Å². The van der Waals surface area contributed by atoms with Crippen LogP contribution in [-0.2, 0) is 0 Å². The summed E-state index contributed by atoms with van der Waals surface area (Å²) in [5.74, 6) is -0.219. The second-order valence-electron chi connectivity index (χ2n) is 5.82. The summed E-state index contributed by atoms with van der Waals surface area (Å²) in [6.07, 6.45) is -1.56. The lowest BCUT2D eigenvalue weighted by Gasteiger charge is -2.15. The van der Waals surface area contributed by atoms with Gasteiger partial charge in [0.05, 0.1) is 11.7 Å². The maximum absolute atomic E-state index is 12.6. The van der Waals surface area contributed by atoms with E-state index in [0.717, 1.165) is 0 Å². The first-order valence-corrected chi connectivity index (χ1v) is 8.96. The number of thiazole rings is 1. The number of aryl methyl sites for hydroxylation is 1. The van der Waals surface area contributed by atoms with E-state index in [0.29, 0.717) is 27.0 Å². The molecule has 1 aromatic carbocycles. The quantitative estimate of drug-likeness (QED) is 0.681. The molecule has 3 rings (SSSR count). The number of carbonyl (C=O) groups excluding carboxylic acids is 1. The van der Waals surface area contributed by atoms with Gasteiger partial charge in [0.15, 0.2) is 10.8 Å². The number of ether oxygens (including phenoxy) is 1. The Morgan fingerprint density at radius 2 is 1.82 bits per heavy atom. The van der Waals surface area contributed by atoms with E-state index in [1.165, 1.54) is 35.6 Å². The maximum atomic E-state index is 12.6. The van der Waals surface area contributed by atoms with Crippen LogP contribution in [0.4, 0.5) is 13.2 Å². The van der Waals surface area contributed by atoms with E-state index >= 15 is 0 Å². The Hall–Kier alpha value is -3.01. The lowest BCUT2D eigenvalue weighted by Crippen LogP contribution is -2.26. The zero-order valence-electron chi connectivity index (χ0n) is 14.8. The van der Waals surface area contributed by atoms with E-state index < -0.39 is 12.4 Å². The van der Waals surface area contributed by atoms with E-state index in [-0.39, 0.29) is 11.7 Å². The average Bonchev–Trinajstić information content (AvgIpc) is 3.03. The maximum Gasteiger partial charge on any atom is 0.573 e. The molecule has 0 aliphatic heterocycles. The summed E-state index contributed by atoms with van der Waals surface area (Å²) >= 11 is 1.17. The molecule has 1 N–H and O–H groups in total. The number of nitrogens with one attached hydrogen (secondary N) is 1. The van der Waals surface area contributed by atoms with E-state index in [1.807, 2.05) is 0 Å². The van der Waals surface area contributed by atoms with Gasteiger partial charge in [-0.05, 0) is 37.6 Å².